The minimum absolute atomic E-state index is 0.0691. The quantitative estimate of drug-likeness (QED) is 0.278. The van der Waals surface area contributed by atoms with Crippen molar-refractivity contribution >= 4 is 17.5 Å². The summed E-state index contributed by atoms with van der Waals surface area (Å²) >= 11 is 0. The highest BCUT2D eigenvalue weighted by Crippen LogP contribution is 2.78. The Balaban J connectivity index is 1.10. The molecule has 6 nitrogen and oxygen atoms in total. The number of aliphatic hydroxyl groups is 1. The van der Waals surface area contributed by atoms with E-state index in [9.17, 15) is 19.5 Å². The van der Waals surface area contributed by atoms with Crippen LogP contribution in [0.4, 0.5) is 0 Å². The van der Waals surface area contributed by atoms with Crippen molar-refractivity contribution in [2.45, 2.75) is 134 Å². The number of methoxy groups -OCH3 is 1. The van der Waals surface area contributed by atoms with Crippen LogP contribution in [-0.2, 0) is 23.9 Å². The molecule has 1 N–H and O–H groups in total. The molecule has 0 aromatic rings. The van der Waals surface area contributed by atoms with Crippen LogP contribution in [0.15, 0.2) is 23.3 Å². The molecule has 0 amide bonds. The number of carbonyl (C=O) groups is 3. The normalized spacial score (nSPS) is 52.2. The fraction of sp³-hybridized carbons (Fsp3) is 0.816. The minimum Gasteiger partial charge on any atom is -0.469 e. The Labute approximate surface area is 262 Å². The maximum absolute atomic E-state index is 13.2. The second-order valence-corrected chi connectivity index (χ2v) is 17.2. The molecular weight excluding hydrogens is 552 g/mol. The van der Waals surface area contributed by atoms with Crippen LogP contribution in [-0.4, -0.2) is 47.1 Å². The third-order valence-electron chi connectivity index (χ3n) is 15.5. The summed E-state index contributed by atoms with van der Waals surface area (Å²) in [4.78, 5) is 37.8. The van der Waals surface area contributed by atoms with E-state index in [0.29, 0.717) is 61.1 Å². The van der Waals surface area contributed by atoms with E-state index < -0.39 is 5.60 Å². The molecule has 5 saturated carbocycles. The highest BCUT2D eigenvalue weighted by molar-refractivity contribution is 5.92. The Hall–Kier alpha value is -1.79. The van der Waals surface area contributed by atoms with E-state index in [1.807, 2.05) is 6.08 Å². The number of allylic oxidation sites excluding steroid dienone is 3. The summed E-state index contributed by atoms with van der Waals surface area (Å²) < 4.78 is 11.8. The predicted octanol–water partition coefficient (Wildman–Crippen LogP) is 6.68. The second kappa shape index (κ2) is 9.62. The van der Waals surface area contributed by atoms with E-state index in [2.05, 4.69) is 26.8 Å². The zero-order valence-electron chi connectivity index (χ0n) is 27.3. The van der Waals surface area contributed by atoms with Crippen molar-refractivity contribution < 1.29 is 29.0 Å². The van der Waals surface area contributed by atoms with Gasteiger partial charge in [0.05, 0.1) is 18.8 Å². The van der Waals surface area contributed by atoms with Crippen LogP contribution < -0.4 is 0 Å². The van der Waals surface area contributed by atoms with Gasteiger partial charge in [-0.2, -0.15) is 0 Å². The van der Waals surface area contributed by atoms with E-state index in [4.69, 9.17) is 9.47 Å². The van der Waals surface area contributed by atoms with Gasteiger partial charge in [-0.25, -0.2) is 0 Å². The first-order chi connectivity index (χ1) is 20.9. The maximum atomic E-state index is 13.2. The van der Waals surface area contributed by atoms with Crippen molar-refractivity contribution in [2.75, 3.05) is 7.11 Å². The molecule has 8 rings (SSSR count). The fourth-order valence-electron chi connectivity index (χ4n) is 12.8. The standard InChI is InChI=1S/C38H52O6/c1-22-5-7-28-27-8-6-25(39)16-23(27)18-36(29(28)15-22)20-31(36)30-17-26(40)10-12-34(30,2)38-19-24-9-13-37(42,14-11-33(41)43-4)35(24,3)21-32(38)44-38/h16-17,22,24,27-29,31-32,42H,5-15,18-21H2,1-4H3/t22-,24+,27?,28?,29?,31+,32?,34+,35+,36+,37-,38+/m1/s1. The van der Waals surface area contributed by atoms with Crippen molar-refractivity contribution in [2.24, 2.45) is 51.8 Å². The number of epoxide rings is 1. The SMILES string of the molecule is COC(=O)CC[C@]1(O)CC[C@H]2C[C@]3([C@@]4(C)CCC(=O)C=C4[C@@H]4C[C@]45CC4=CC(=O)CCC4C4CC[C@@H](C)CC45)OC3C[C@@]21C. The zero-order chi connectivity index (χ0) is 30.9. The maximum Gasteiger partial charge on any atom is 0.305 e. The Morgan fingerprint density at radius 1 is 1.02 bits per heavy atom. The molecule has 44 heavy (non-hydrogen) atoms. The predicted molar refractivity (Wildman–Crippen MR) is 165 cm³/mol. The molecule has 6 heteroatoms. The highest BCUT2D eigenvalue weighted by atomic mass is 16.6. The van der Waals surface area contributed by atoms with Crippen LogP contribution in [0, 0.1) is 51.8 Å². The van der Waals surface area contributed by atoms with Crippen LogP contribution in [0.2, 0.25) is 0 Å². The van der Waals surface area contributed by atoms with Crippen LogP contribution in [0.1, 0.15) is 117 Å². The van der Waals surface area contributed by atoms with E-state index in [1.54, 1.807) is 0 Å². The molecule has 8 aliphatic rings. The molecule has 12 atom stereocenters. The van der Waals surface area contributed by atoms with Crippen molar-refractivity contribution in [1.82, 2.24) is 0 Å². The van der Waals surface area contributed by atoms with E-state index in [0.717, 1.165) is 50.9 Å². The fourth-order valence-corrected chi connectivity index (χ4v) is 12.8. The molecule has 240 valence electrons. The number of ether oxygens (including phenoxy) is 2. The van der Waals surface area contributed by atoms with Crippen LogP contribution in [0.3, 0.4) is 0 Å². The summed E-state index contributed by atoms with van der Waals surface area (Å²) in [5.41, 5.74) is 1.31. The summed E-state index contributed by atoms with van der Waals surface area (Å²) in [6, 6.07) is 0. The van der Waals surface area contributed by atoms with Gasteiger partial charge in [-0.3, -0.25) is 14.4 Å². The Bertz CT molecular complexity index is 1360. The second-order valence-electron chi connectivity index (χ2n) is 17.2. The monoisotopic (exact) mass is 604 g/mol. The molecule has 1 heterocycles. The van der Waals surface area contributed by atoms with Gasteiger partial charge in [0.25, 0.3) is 0 Å². The molecule has 0 radical (unpaired) electrons. The van der Waals surface area contributed by atoms with Crippen LogP contribution >= 0.6 is 0 Å². The number of esters is 1. The first kappa shape index (κ1) is 29.6. The molecule has 4 unspecified atom stereocenters. The van der Waals surface area contributed by atoms with Crippen LogP contribution in [0.5, 0.6) is 0 Å². The van der Waals surface area contributed by atoms with Crippen molar-refractivity contribution in [3.05, 3.63) is 23.3 Å². The highest BCUT2D eigenvalue weighted by Gasteiger charge is 2.78. The van der Waals surface area contributed by atoms with Gasteiger partial charge < -0.3 is 14.6 Å². The summed E-state index contributed by atoms with van der Waals surface area (Å²) in [7, 11) is 1.41. The average molecular weight is 605 g/mol. The molecular formula is C38H52O6. The summed E-state index contributed by atoms with van der Waals surface area (Å²) in [5, 5.41) is 11.9. The van der Waals surface area contributed by atoms with Crippen molar-refractivity contribution in [3.8, 4) is 0 Å². The third-order valence-corrected chi connectivity index (χ3v) is 15.5. The van der Waals surface area contributed by atoms with Gasteiger partial charge in [-0.15, -0.1) is 0 Å². The molecule has 0 aromatic heterocycles. The third kappa shape index (κ3) is 3.94. The van der Waals surface area contributed by atoms with Crippen molar-refractivity contribution in [1.29, 1.82) is 0 Å². The summed E-state index contributed by atoms with van der Waals surface area (Å²) in [5.74, 6) is 3.70. The van der Waals surface area contributed by atoms with Gasteiger partial charge in [0.1, 0.15) is 5.60 Å². The van der Waals surface area contributed by atoms with Gasteiger partial charge >= 0.3 is 5.97 Å². The average Bonchev–Trinajstić information content (AvgIpc) is 3.88. The number of hydrogen-bond donors (Lipinski definition) is 1. The topological polar surface area (TPSA) is 93.2 Å². The first-order valence-electron chi connectivity index (χ1n) is 17.8. The van der Waals surface area contributed by atoms with Gasteiger partial charge in [0, 0.05) is 30.1 Å². The number of rotatable bonds is 5. The van der Waals surface area contributed by atoms with Gasteiger partial charge in [-0.1, -0.05) is 38.3 Å². The van der Waals surface area contributed by atoms with Crippen molar-refractivity contribution in [3.63, 3.8) is 0 Å². The number of carbonyl (C=O) groups excluding carboxylic acids is 3. The lowest BCUT2D eigenvalue weighted by Crippen LogP contribution is -2.54. The first-order valence-corrected chi connectivity index (χ1v) is 17.8. The Morgan fingerprint density at radius 2 is 1.82 bits per heavy atom. The molecule has 0 aromatic carbocycles. The molecule has 1 aliphatic heterocycles. The molecule has 7 aliphatic carbocycles. The van der Waals surface area contributed by atoms with Gasteiger partial charge in [-0.05, 0) is 124 Å². The molecule has 1 spiro atoms. The van der Waals surface area contributed by atoms with Crippen LogP contribution in [0.25, 0.3) is 0 Å². The lowest BCUT2D eigenvalue weighted by molar-refractivity contribution is -0.145. The molecule has 0 bridgehead atoms. The Kier molecular flexibility index (Phi) is 6.47. The number of ketones is 2. The lowest BCUT2D eigenvalue weighted by Gasteiger charge is -2.53. The van der Waals surface area contributed by atoms with Gasteiger partial charge in [0.2, 0.25) is 0 Å². The zero-order valence-corrected chi connectivity index (χ0v) is 27.3. The number of hydrogen-bond acceptors (Lipinski definition) is 6. The summed E-state index contributed by atoms with van der Waals surface area (Å²) in [6.45, 7) is 7.07. The Morgan fingerprint density at radius 3 is 2.61 bits per heavy atom. The summed E-state index contributed by atoms with van der Waals surface area (Å²) in [6.07, 6.45) is 17.4. The molecule has 6 fully saturated rings. The lowest BCUT2D eigenvalue weighted by atomic mass is 9.51. The number of fused-ring (bicyclic) bond motifs is 6. The van der Waals surface area contributed by atoms with E-state index >= 15 is 0 Å². The molecule has 1 saturated heterocycles. The van der Waals surface area contributed by atoms with E-state index in [1.165, 1.54) is 37.5 Å². The van der Waals surface area contributed by atoms with E-state index in [-0.39, 0.29) is 46.1 Å². The smallest absolute Gasteiger partial charge is 0.305 e. The van der Waals surface area contributed by atoms with Gasteiger partial charge in [0.15, 0.2) is 11.6 Å². The largest absolute Gasteiger partial charge is 0.469 e. The minimum atomic E-state index is -0.886.